The number of hydrogen-bond donors (Lipinski definition) is 1. The van der Waals surface area contributed by atoms with Crippen molar-refractivity contribution in [3.63, 3.8) is 0 Å². The van der Waals surface area contributed by atoms with E-state index in [9.17, 15) is 0 Å². The highest BCUT2D eigenvalue weighted by molar-refractivity contribution is 5.04. The molecule has 0 amide bonds. The zero-order valence-corrected chi connectivity index (χ0v) is 5.82. The Labute approximate surface area is 56.8 Å². The van der Waals surface area contributed by atoms with Crippen molar-refractivity contribution in [3.8, 4) is 0 Å². The highest BCUT2D eigenvalue weighted by Crippen LogP contribution is 2.44. The first-order valence-corrected chi connectivity index (χ1v) is 3.96. The molecular weight excluding hydrogens is 110 g/mol. The van der Waals surface area contributed by atoms with Gasteiger partial charge < -0.3 is 5.32 Å². The van der Waals surface area contributed by atoms with Crippen LogP contribution in [0.1, 0.15) is 25.7 Å². The molecule has 1 heteroatoms. The quantitative estimate of drug-likeness (QED) is 0.514. The Morgan fingerprint density at radius 1 is 1.33 bits per heavy atom. The molecule has 2 aliphatic rings. The van der Waals surface area contributed by atoms with Crippen LogP contribution in [0.2, 0.25) is 0 Å². The lowest BCUT2D eigenvalue weighted by Crippen LogP contribution is -2.44. The lowest BCUT2D eigenvalue weighted by molar-refractivity contribution is 0.169. The highest BCUT2D eigenvalue weighted by atomic mass is 14.9. The Bertz CT molecular complexity index is 97.1. The summed E-state index contributed by atoms with van der Waals surface area (Å²) in [4.78, 5) is 0. The van der Waals surface area contributed by atoms with Gasteiger partial charge in [0.25, 0.3) is 0 Å². The first-order valence-electron chi connectivity index (χ1n) is 3.96. The molecule has 1 aliphatic heterocycles. The summed E-state index contributed by atoms with van der Waals surface area (Å²) in [7, 11) is 0. The van der Waals surface area contributed by atoms with Crippen molar-refractivity contribution < 1.29 is 0 Å². The van der Waals surface area contributed by atoms with E-state index in [1.54, 1.807) is 0 Å². The van der Waals surface area contributed by atoms with Crippen molar-refractivity contribution in [1.82, 2.24) is 5.32 Å². The third-order valence-corrected chi connectivity index (χ3v) is 2.72. The van der Waals surface area contributed by atoms with Gasteiger partial charge in [-0.15, -0.1) is 0 Å². The van der Waals surface area contributed by atoms with E-state index in [0.717, 1.165) is 0 Å². The number of hydrogen-bond acceptors (Lipinski definition) is 1. The minimum absolute atomic E-state index is 0.665. The molecule has 1 radical (unpaired) electrons. The summed E-state index contributed by atoms with van der Waals surface area (Å²) in [5.74, 6) is 0. The fourth-order valence-electron chi connectivity index (χ4n) is 1.93. The molecule has 2 rings (SSSR count). The summed E-state index contributed by atoms with van der Waals surface area (Å²) < 4.78 is 0. The third kappa shape index (κ3) is 0.877. The molecule has 1 saturated heterocycles. The highest BCUT2D eigenvalue weighted by Gasteiger charge is 2.37. The average molecular weight is 124 g/mol. The van der Waals surface area contributed by atoms with E-state index >= 15 is 0 Å². The summed E-state index contributed by atoms with van der Waals surface area (Å²) in [6, 6.07) is 0. The van der Waals surface area contributed by atoms with Gasteiger partial charge >= 0.3 is 0 Å². The predicted octanol–water partition coefficient (Wildman–Crippen LogP) is 1.35. The molecule has 0 bridgehead atoms. The molecule has 1 nitrogen and oxygen atoms in total. The lowest BCUT2D eigenvalue weighted by Gasteiger charge is -2.44. The molecule has 1 aliphatic carbocycles. The van der Waals surface area contributed by atoms with Crippen LogP contribution in [0.15, 0.2) is 0 Å². The summed E-state index contributed by atoms with van der Waals surface area (Å²) in [6.07, 6.45) is 8.14. The maximum atomic E-state index is 3.45. The van der Waals surface area contributed by atoms with Crippen LogP contribution in [0.25, 0.3) is 0 Å². The zero-order chi connectivity index (χ0) is 6.16. The molecule has 9 heavy (non-hydrogen) atoms. The molecule has 1 spiro atoms. The first-order chi connectivity index (χ1) is 4.41. The van der Waals surface area contributed by atoms with Gasteiger partial charge in [-0.05, 0) is 44.1 Å². The van der Waals surface area contributed by atoms with Crippen molar-refractivity contribution in [1.29, 1.82) is 0 Å². The van der Waals surface area contributed by atoms with Gasteiger partial charge in [-0.2, -0.15) is 0 Å². The second-order valence-corrected chi connectivity index (χ2v) is 3.39. The Hall–Kier alpha value is -0.0400. The summed E-state index contributed by atoms with van der Waals surface area (Å²) in [5.41, 5.74) is 0.665. The van der Waals surface area contributed by atoms with E-state index in [-0.39, 0.29) is 0 Å². The van der Waals surface area contributed by atoms with Crippen LogP contribution < -0.4 is 5.32 Å². The topological polar surface area (TPSA) is 12.0 Å². The maximum absolute atomic E-state index is 3.45. The molecule has 0 aromatic rings. The van der Waals surface area contributed by atoms with E-state index < -0.39 is 0 Å². The number of nitrogens with one attached hydrogen (secondary N) is 1. The zero-order valence-electron chi connectivity index (χ0n) is 5.82. The van der Waals surface area contributed by atoms with Gasteiger partial charge in [0.1, 0.15) is 0 Å². The largest absolute Gasteiger partial charge is 0.316 e. The summed E-state index contributed by atoms with van der Waals surface area (Å²) in [6.45, 7) is 2.50. The smallest absolute Gasteiger partial charge is 0.00106 e. The van der Waals surface area contributed by atoms with Crippen LogP contribution in [0.3, 0.4) is 0 Å². The van der Waals surface area contributed by atoms with Crippen molar-refractivity contribution >= 4 is 0 Å². The van der Waals surface area contributed by atoms with Crippen molar-refractivity contribution in [2.75, 3.05) is 13.1 Å². The Balaban J connectivity index is 1.93. The minimum Gasteiger partial charge on any atom is -0.316 e. The normalized spacial score (nSPS) is 32.0. The number of rotatable bonds is 0. The summed E-state index contributed by atoms with van der Waals surface area (Å²) in [5, 5.41) is 3.45. The molecule has 1 unspecified atom stereocenters. The van der Waals surface area contributed by atoms with Gasteiger partial charge in [0.15, 0.2) is 0 Å². The molecule has 1 heterocycles. The van der Waals surface area contributed by atoms with E-state index in [2.05, 4.69) is 11.7 Å². The standard InChI is InChI=1S/C8H14N/c1-3-8(4-1)5-2-6-9-7-8/h3,9H,1-2,4-7H2. The van der Waals surface area contributed by atoms with Crippen molar-refractivity contribution in [2.24, 2.45) is 5.41 Å². The molecule has 1 atom stereocenters. The minimum atomic E-state index is 0.665. The second-order valence-electron chi connectivity index (χ2n) is 3.39. The molecule has 1 saturated carbocycles. The number of piperidine rings is 1. The van der Waals surface area contributed by atoms with E-state index in [1.165, 1.54) is 38.8 Å². The summed E-state index contributed by atoms with van der Waals surface area (Å²) >= 11 is 0. The van der Waals surface area contributed by atoms with Crippen LogP contribution in [0, 0.1) is 11.8 Å². The second kappa shape index (κ2) is 1.98. The van der Waals surface area contributed by atoms with Crippen LogP contribution >= 0.6 is 0 Å². The molecule has 51 valence electrons. The van der Waals surface area contributed by atoms with Crippen LogP contribution in [-0.2, 0) is 0 Å². The predicted molar refractivity (Wildman–Crippen MR) is 38.1 cm³/mol. The van der Waals surface area contributed by atoms with Gasteiger partial charge in [-0.1, -0.05) is 0 Å². The van der Waals surface area contributed by atoms with Gasteiger partial charge in [-0.25, -0.2) is 0 Å². The van der Waals surface area contributed by atoms with Gasteiger partial charge in [-0.3, -0.25) is 0 Å². The van der Waals surface area contributed by atoms with Gasteiger partial charge in [0.05, 0.1) is 0 Å². The van der Waals surface area contributed by atoms with Crippen LogP contribution in [-0.4, -0.2) is 13.1 Å². The lowest BCUT2D eigenvalue weighted by atomic mass is 9.65. The molecule has 2 fully saturated rings. The monoisotopic (exact) mass is 124 g/mol. The van der Waals surface area contributed by atoms with Gasteiger partial charge in [0.2, 0.25) is 0 Å². The van der Waals surface area contributed by atoms with Crippen molar-refractivity contribution in [2.45, 2.75) is 25.7 Å². The van der Waals surface area contributed by atoms with Gasteiger partial charge in [0, 0.05) is 6.54 Å². The van der Waals surface area contributed by atoms with Crippen LogP contribution in [0.5, 0.6) is 0 Å². The van der Waals surface area contributed by atoms with Crippen molar-refractivity contribution in [3.05, 3.63) is 6.42 Å². The average Bonchev–Trinajstić information content (AvgIpc) is 1.87. The SMILES string of the molecule is [CH]1CCC12CCCNC2. The first kappa shape index (κ1) is 5.72. The molecule has 1 N–H and O–H groups in total. The fourth-order valence-corrected chi connectivity index (χ4v) is 1.93. The molecular formula is C8H14N. The Kier molecular flexibility index (Phi) is 1.26. The third-order valence-electron chi connectivity index (χ3n) is 2.72. The molecule has 0 aromatic carbocycles. The maximum Gasteiger partial charge on any atom is 0.00106 e. The van der Waals surface area contributed by atoms with E-state index in [0.29, 0.717) is 5.41 Å². The van der Waals surface area contributed by atoms with E-state index in [4.69, 9.17) is 0 Å². The Morgan fingerprint density at radius 2 is 2.22 bits per heavy atom. The molecule has 0 aromatic heterocycles. The van der Waals surface area contributed by atoms with E-state index in [1.807, 2.05) is 0 Å². The fraction of sp³-hybridized carbons (Fsp3) is 0.875. The Morgan fingerprint density at radius 3 is 2.56 bits per heavy atom. The van der Waals surface area contributed by atoms with Crippen LogP contribution in [0.4, 0.5) is 0 Å².